The van der Waals surface area contributed by atoms with E-state index in [1.807, 2.05) is 20.8 Å². The molecule has 1 amide bonds. The molecule has 1 aromatic carbocycles. The Morgan fingerprint density at radius 3 is 2.50 bits per heavy atom. The van der Waals surface area contributed by atoms with Crippen LogP contribution in [0.5, 0.6) is 11.5 Å². The van der Waals surface area contributed by atoms with Gasteiger partial charge >= 0.3 is 0 Å². The molecule has 1 fully saturated rings. The van der Waals surface area contributed by atoms with Gasteiger partial charge < -0.3 is 14.8 Å². The molecule has 1 saturated heterocycles. The lowest BCUT2D eigenvalue weighted by Gasteiger charge is -2.33. The van der Waals surface area contributed by atoms with E-state index in [0.717, 1.165) is 0 Å². The topological polar surface area (TPSA) is 84.9 Å². The van der Waals surface area contributed by atoms with Crippen LogP contribution in [0.1, 0.15) is 33.6 Å². The first-order chi connectivity index (χ1) is 12.1. The molecular weight excluding hydrogens is 356 g/mol. The predicted molar refractivity (Wildman–Crippen MR) is 98.9 cm³/mol. The van der Waals surface area contributed by atoms with Crippen LogP contribution in [0, 0.1) is 5.92 Å². The third-order valence-electron chi connectivity index (χ3n) is 4.24. The van der Waals surface area contributed by atoms with Crippen molar-refractivity contribution < 1.29 is 22.7 Å². The number of carbonyl (C=O) groups is 1. The molecule has 0 aliphatic carbocycles. The summed E-state index contributed by atoms with van der Waals surface area (Å²) in [5.74, 6) is 0.208. The number of nitrogens with one attached hydrogen (secondary N) is 1. The third kappa shape index (κ3) is 4.67. The maximum Gasteiger partial charge on any atom is 0.246 e. The van der Waals surface area contributed by atoms with Gasteiger partial charge in [0.1, 0.15) is 16.4 Å². The average molecular weight is 384 g/mol. The fourth-order valence-corrected chi connectivity index (χ4v) is 4.67. The largest absolute Gasteiger partial charge is 0.497 e. The molecule has 0 saturated carbocycles. The molecule has 2 rings (SSSR count). The minimum absolute atomic E-state index is 0.0521. The SMILES string of the molecule is COc1ccc(OC)c(S(=O)(=O)N2CCCC(C(=O)NC(C)(C)C)C2)c1. The fraction of sp³-hybridized carbons (Fsp3) is 0.611. The van der Waals surface area contributed by atoms with E-state index in [9.17, 15) is 13.2 Å². The van der Waals surface area contributed by atoms with Crippen molar-refractivity contribution in [2.24, 2.45) is 5.92 Å². The lowest BCUT2D eigenvalue weighted by atomic mass is 9.97. The van der Waals surface area contributed by atoms with E-state index in [4.69, 9.17) is 9.47 Å². The molecule has 1 unspecified atom stereocenters. The number of ether oxygens (including phenoxy) is 2. The van der Waals surface area contributed by atoms with Crippen molar-refractivity contribution in [3.05, 3.63) is 18.2 Å². The van der Waals surface area contributed by atoms with E-state index in [1.54, 1.807) is 12.1 Å². The van der Waals surface area contributed by atoms with E-state index in [1.165, 1.54) is 24.6 Å². The Balaban J connectivity index is 2.28. The molecule has 0 bridgehead atoms. The molecule has 146 valence electrons. The molecule has 1 heterocycles. The number of methoxy groups -OCH3 is 2. The number of rotatable bonds is 5. The summed E-state index contributed by atoms with van der Waals surface area (Å²) < 4.78 is 38.0. The summed E-state index contributed by atoms with van der Waals surface area (Å²) in [4.78, 5) is 12.5. The van der Waals surface area contributed by atoms with Crippen molar-refractivity contribution in [3.8, 4) is 11.5 Å². The molecule has 0 spiro atoms. The molecule has 7 nitrogen and oxygen atoms in total. The standard InChI is InChI=1S/C18H28N2O5S/c1-18(2,3)19-17(21)13-7-6-10-20(12-13)26(22,23)16-11-14(24-4)8-9-15(16)25-5/h8-9,11,13H,6-7,10,12H2,1-5H3,(H,19,21). The molecule has 1 aliphatic rings. The van der Waals surface area contributed by atoms with Crippen molar-refractivity contribution in [1.29, 1.82) is 0 Å². The summed E-state index contributed by atoms with van der Waals surface area (Å²) in [5.41, 5.74) is -0.353. The molecule has 26 heavy (non-hydrogen) atoms. The quantitative estimate of drug-likeness (QED) is 0.839. The fourth-order valence-electron chi connectivity index (χ4n) is 2.97. The Morgan fingerprint density at radius 1 is 1.23 bits per heavy atom. The van der Waals surface area contributed by atoms with Crippen LogP contribution in [0.2, 0.25) is 0 Å². The van der Waals surface area contributed by atoms with Gasteiger partial charge in [0.05, 0.1) is 20.1 Å². The number of piperidine rings is 1. The first-order valence-corrected chi connectivity index (χ1v) is 10.1. The van der Waals surface area contributed by atoms with Gasteiger partial charge in [0.25, 0.3) is 0 Å². The molecule has 8 heteroatoms. The number of hydrogen-bond donors (Lipinski definition) is 1. The second-order valence-corrected chi connectivity index (χ2v) is 9.36. The van der Waals surface area contributed by atoms with Gasteiger partial charge in [0.2, 0.25) is 15.9 Å². The Kier molecular flexibility index (Phi) is 6.18. The highest BCUT2D eigenvalue weighted by Gasteiger charge is 2.35. The monoisotopic (exact) mass is 384 g/mol. The zero-order chi connectivity index (χ0) is 19.5. The first-order valence-electron chi connectivity index (χ1n) is 8.62. The van der Waals surface area contributed by atoms with Crippen LogP contribution < -0.4 is 14.8 Å². The van der Waals surface area contributed by atoms with Crippen molar-refractivity contribution in [2.75, 3.05) is 27.3 Å². The lowest BCUT2D eigenvalue weighted by Crippen LogP contribution is -2.49. The van der Waals surface area contributed by atoms with E-state index < -0.39 is 10.0 Å². The van der Waals surface area contributed by atoms with Crippen LogP contribution in [-0.4, -0.2) is 51.5 Å². The van der Waals surface area contributed by atoms with Gasteiger partial charge in [-0.05, 0) is 45.7 Å². The summed E-state index contributed by atoms with van der Waals surface area (Å²) in [5, 5.41) is 2.94. The van der Waals surface area contributed by atoms with Gasteiger partial charge in [-0.3, -0.25) is 4.79 Å². The number of benzene rings is 1. The van der Waals surface area contributed by atoms with Gasteiger partial charge in [-0.25, -0.2) is 8.42 Å². The van der Waals surface area contributed by atoms with Crippen molar-refractivity contribution in [3.63, 3.8) is 0 Å². The highest BCUT2D eigenvalue weighted by atomic mass is 32.2. The van der Waals surface area contributed by atoms with Crippen LogP contribution in [0.25, 0.3) is 0 Å². The molecule has 1 aromatic rings. The van der Waals surface area contributed by atoms with Crippen LogP contribution in [0.3, 0.4) is 0 Å². The highest BCUT2D eigenvalue weighted by molar-refractivity contribution is 7.89. The smallest absolute Gasteiger partial charge is 0.246 e. The first kappa shape index (κ1) is 20.5. The second kappa shape index (κ2) is 7.84. The predicted octanol–water partition coefficient (Wildman–Crippen LogP) is 2.02. The lowest BCUT2D eigenvalue weighted by molar-refractivity contribution is -0.127. The van der Waals surface area contributed by atoms with Gasteiger partial charge in [0.15, 0.2) is 0 Å². The average Bonchev–Trinajstić information content (AvgIpc) is 2.59. The number of carbonyl (C=O) groups excluding carboxylic acids is 1. The number of hydrogen-bond acceptors (Lipinski definition) is 5. The van der Waals surface area contributed by atoms with Crippen LogP contribution in [-0.2, 0) is 14.8 Å². The van der Waals surface area contributed by atoms with Gasteiger partial charge in [0, 0.05) is 24.7 Å². The number of nitrogens with zero attached hydrogens (tertiary/aromatic N) is 1. The summed E-state index contributed by atoms with van der Waals surface area (Å²) in [6, 6.07) is 4.67. The summed E-state index contributed by atoms with van der Waals surface area (Å²) in [6.45, 7) is 6.25. The molecule has 1 N–H and O–H groups in total. The van der Waals surface area contributed by atoms with Gasteiger partial charge in [-0.1, -0.05) is 0 Å². The number of sulfonamides is 1. The highest BCUT2D eigenvalue weighted by Crippen LogP contribution is 2.32. The zero-order valence-electron chi connectivity index (χ0n) is 16.0. The maximum atomic E-state index is 13.1. The number of amides is 1. The maximum absolute atomic E-state index is 13.1. The molecule has 0 aromatic heterocycles. The minimum atomic E-state index is -3.80. The van der Waals surface area contributed by atoms with Crippen molar-refractivity contribution in [2.45, 2.75) is 44.0 Å². The summed E-state index contributed by atoms with van der Waals surface area (Å²) >= 11 is 0. The molecule has 1 atom stereocenters. The van der Waals surface area contributed by atoms with E-state index in [-0.39, 0.29) is 34.6 Å². The third-order valence-corrected chi connectivity index (χ3v) is 6.13. The summed E-state index contributed by atoms with van der Waals surface area (Å²) in [7, 11) is -0.894. The van der Waals surface area contributed by atoms with Crippen LogP contribution in [0.4, 0.5) is 0 Å². The van der Waals surface area contributed by atoms with E-state index >= 15 is 0 Å². The van der Waals surface area contributed by atoms with E-state index in [0.29, 0.717) is 25.1 Å². The van der Waals surface area contributed by atoms with E-state index in [2.05, 4.69) is 5.32 Å². The normalized spacial score (nSPS) is 19.0. The molecule has 0 radical (unpaired) electrons. The zero-order valence-corrected chi connectivity index (χ0v) is 16.9. The van der Waals surface area contributed by atoms with Gasteiger partial charge in [-0.2, -0.15) is 4.31 Å². The molecule has 1 aliphatic heterocycles. The van der Waals surface area contributed by atoms with Crippen molar-refractivity contribution in [1.82, 2.24) is 9.62 Å². The Hall–Kier alpha value is -1.80. The molecular formula is C18H28N2O5S. The van der Waals surface area contributed by atoms with Crippen LogP contribution >= 0.6 is 0 Å². The second-order valence-electron chi connectivity index (χ2n) is 7.46. The summed E-state index contributed by atoms with van der Waals surface area (Å²) in [6.07, 6.45) is 1.30. The van der Waals surface area contributed by atoms with Gasteiger partial charge in [-0.15, -0.1) is 0 Å². The minimum Gasteiger partial charge on any atom is -0.497 e. The Bertz CT molecular complexity index is 755. The Labute approximate surface area is 155 Å². The van der Waals surface area contributed by atoms with Crippen molar-refractivity contribution >= 4 is 15.9 Å². The Morgan fingerprint density at radius 2 is 1.92 bits per heavy atom. The van der Waals surface area contributed by atoms with Crippen LogP contribution in [0.15, 0.2) is 23.1 Å².